The smallest absolute Gasteiger partial charge is 0.334 e. The summed E-state index contributed by atoms with van der Waals surface area (Å²) in [7, 11) is 0. The highest BCUT2D eigenvalue weighted by Crippen LogP contribution is 2.19. The molecule has 3 amide bonds. The highest BCUT2D eigenvalue weighted by molar-refractivity contribution is 5.86. The van der Waals surface area contributed by atoms with Gasteiger partial charge in [0.2, 0.25) is 5.91 Å². The molecule has 0 radical (unpaired) electrons. The molecule has 0 aliphatic carbocycles. The van der Waals surface area contributed by atoms with Gasteiger partial charge in [0.05, 0.1) is 13.2 Å². The average Bonchev–Trinajstić information content (AvgIpc) is 2.46. The number of rotatable bonds is 2. The number of primary amides is 1. The summed E-state index contributed by atoms with van der Waals surface area (Å²) >= 11 is 0. The van der Waals surface area contributed by atoms with Crippen LogP contribution in [0, 0.1) is 0 Å². The zero-order chi connectivity index (χ0) is 14.7. The lowest BCUT2D eigenvalue weighted by atomic mass is 10.0. The third-order valence-electron chi connectivity index (χ3n) is 3.69. The minimum Gasteiger partial charge on any atom is -0.479 e. The van der Waals surface area contributed by atoms with Gasteiger partial charge in [-0.1, -0.05) is 0 Å². The summed E-state index contributed by atoms with van der Waals surface area (Å²) in [5.41, 5.74) is 5.33. The number of ether oxygens (including phenoxy) is 1. The second-order valence-electron chi connectivity index (χ2n) is 5.03. The standard InChI is InChI=1S/C12H19N3O5/c13-10(16)8-3-1-2-4-15(8)12(19)14-5-6-20-9(7-14)11(17)18/h8-9H,1-7H2,(H2,13,16)(H,17,18). The van der Waals surface area contributed by atoms with Crippen LogP contribution >= 0.6 is 0 Å². The highest BCUT2D eigenvalue weighted by atomic mass is 16.5. The van der Waals surface area contributed by atoms with E-state index in [4.69, 9.17) is 15.6 Å². The molecule has 2 aliphatic heterocycles. The summed E-state index contributed by atoms with van der Waals surface area (Å²) in [5.74, 6) is -1.60. The van der Waals surface area contributed by atoms with E-state index in [0.717, 1.165) is 12.8 Å². The Hall–Kier alpha value is -1.83. The van der Waals surface area contributed by atoms with Crippen LogP contribution in [0.2, 0.25) is 0 Å². The van der Waals surface area contributed by atoms with Crippen LogP contribution in [0.3, 0.4) is 0 Å². The fourth-order valence-electron chi connectivity index (χ4n) is 2.61. The normalized spacial score (nSPS) is 27.2. The predicted octanol–water partition coefficient (Wildman–Crippen LogP) is -0.768. The third kappa shape index (κ3) is 3.01. The number of hydrogen-bond acceptors (Lipinski definition) is 4. The summed E-state index contributed by atoms with van der Waals surface area (Å²) in [4.78, 5) is 37.6. The lowest BCUT2D eigenvalue weighted by molar-refractivity contribution is -0.155. The Balaban J connectivity index is 2.05. The summed E-state index contributed by atoms with van der Waals surface area (Å²) in [6.07, 6.45) is 1.23. The highest BCUT2D eigenvalue weighted by Gasteiger charge is 2.36. The molecule has 0 bridgehead atoms. The van der Waals surface area contributed by atoms with Crippen molar-refractivity contribution in [3.8, 4) is 0 Å². The van der Waals surface area contributed by atoms with E-state index in [-0.39, 0.29) is 19.2 Å². The first-order valence-electron chi connectivity index (χ1n) is 6.70. The molecule has 8 heteroatoms. The van der Waals surface area contributed by atoms with Gasteiger partial charge in [-0.2, -0.15) is 0 Å². The van der Waals surface area contributed by atoms with Crippen LogP contribution in [0.15, 0.2) is 0 Å². The number of nitrogens with zero attached hydrogens (tertiary/aromatic N) is 2. The Morgan fingerprint density at radius 3 is 2.60 bits per heavy atom. The van der Waals surface area contributed by atoms with Crippen LogP contribution < -0.4 is 5.73 Å². The molecule has 2 aliphatic rings. The van der Waals surface area contributed by atoms with E-state index in [1.807, 2.05) is 0 Å². The second kappa shape index (κ2) is 6.08. The van der Waals surface area contributed by atoms with Crippen LogP contribution in [0.1, 0.15) is 19.3 Å². The van der Waals surface area contributed by atoms with E-state index in [9.17, 15) is 14.4 Å². The molecule has 2 rings (SSSR count). The molecule has 0 aromatic rings. The van der Waals surface area contributed by atoms with Gasteiger partial charge in [-0.05, 0) is 19.3 Å². The molecular weight excluding hydrogens is 266 g/mol. The number of carbonyl (C=O) groups excluding carboxylic acids is 2. The number of urea groups is 1. The van der Waals surface area contributed by atoms with Crippen molar-refractivity contribution in [1.29, 1.82) is 0 Å². The van der Waals surface area contributed by atoms with Crippen molar-refractivity contribution in [2.75, 3.05) is 26.2 Å². The maximum atomic E-state index is 12.4. The number of hydrogen-bond donors (Lipinski definition) is 2. The predicted molar refractivity (Wildman–Crippen MR) is 67.9 cm³/mol. The Bertz CT molecular complexity index is 414. The molecule has 2 heterocycles. The number of carboxylic acids is 1. The maximum Gasteiger partial charge on any atom is 0.334 e. The fourth-order valence-corrected chi connectivity index (χ4v) is 2.61. The zero-order valence-electron chi connectivity index (χ0n) is 11.2. The molecule has 2 atom stereocenters. The molecule has 20 heavy (non-hydrogen) atoms. The number of nitrogens with two attached hydrogens (primary N) is 1. The van der Waals surface area contributed by atoms with Gasteiger partial charge in [0, 0.05) is 13.1 Å². The third-order valence-corrected chi connectivity index (χ3v) is 3.69. The first kappa shape index (κ1) is 14.6. The molecule has 8 nitrogen and oxygen atoms in total. The monoisotopic (exact) mass is 285 g/mol. The lowest BCUT2D eigenvalue weighted by Gasteiger charge is -2.39. The number of likely N-dealkylation sites (tertiary alicyclic amines) is 1. The summed E-state index contributed by atoms with van der Waals surface area (Å²) in [6, 6.07) is -0.926. The summed E-state index contributed by atoms with van der Waals surface area (Å²) in [5, 5.41) is 8.94. The van der Waals surface area contributed by atoms with Crippen molar-refractivity contribution in [2.45, 2.75) is 31.4 Å². The number of carboxylic acid groups (broad SMARTS) is 1. The number of morpholine rings is 1. The van der Waals surface area contributed by atoms with E-state index in [1.54, 1.807) is 0 Å². The van der Waals surface area contributed by atoms with Gasteiger partial charge in [0.1, 0.15) is 6.04 Å². The Labute approximate surface area is 116 Å². The van der Waals surface area contributed by atoms with Crippen molar-refractivity contribution in [3.05, 3.63) is 0 Å². The Kier molecular flexibility index (Phi) is 4.43. The lowest BCUT2D eigenvalue weighted by Crippen LogP contribution is -2.58. The van der Waals surface area contributed by atoms with E-state index in [2.05, 4.69) is 0 Å². The van der Waals surface area contributed by atoms with E-state index in [0.29, 0.717) is 19.5 Å². The van der Waals surface area contributed by atoms with Gasteiger partial charge < -0.3 is 25.4 Å². The van der Waals surface area contributed by atoms with Crippen LogP contribution in [0.25, 0.3) is 0 Å². The van der Waals surface area contributed by atoms with Gasteiger partial charge in [0.25, 0.3) is 0 Å². The molecule has 3 N–H and O–H groups in total. The van der Waals surface area contributed by atoms with Crippen LogP contribution in [0.4, 0.5) is 4.79 Å². The van der Waals surface area contributed by atoms with Crippen molar-refractivity contribution in [2.24, 2.45) is 5.73 Å². The SMILES string of the molecule is NC(=O)C1CCCCN1C(=O)N1CCOC(C(=O)O)C1. The molecule has 2 fully saturated rings. The van der Waals surface area contributed by atoms with Gasteiger partial charge >= 0.3 is 12.0 Å². The molecule has 112 valence electrons. The fraction of sp³-hybridized carbons (Fsp3) is 0.750. The number of amides is 3. The zero-order valence-corrected chi connectivity index (χ0v) is 11.2. The van der Waals surface area contributed by atoms with Gasteiger partial charge in [-0.3, -0.25) is 4.79 Å². The van der Waals surface area contributed by atoms with E-state index < -0.39 is 24.0 Å². The van der Waals surface area contributed by atoms with Crippen LogP contribution in [-0.4, -0.2) is 71.2 Å². The molecule has 2 saturated heterocycles. The second-order valence-corrected chi connectivity index (χ2v) is 5.03. The molecule has 0 saturated carbocycles. The molecule has 2 unspecified atom stereocenters. The van der Waals surface area contributed by atoms with Crippen LogP contribution in [0.5, 0.6) is 0 Å². The number of aliphatic carboxylic acids is 1. The molecular formula is C12H19N3O5. The number of piperidine rings is 1. The molecule has 0 aromatic carbocycles. The molecule has 0 aromatic heterocycles. The largest absolute Gasteiger partial charge is 0.479 e. The minimum atomic E-state index is -1.09. The summed E-state index contributed by atoms with van der Waals surface area (Å²) in [6.45, 7) is 0.972. The van der Waals surface area contributed by atoms with Gasteiger partial charge in [0.15, 0.2) is 6.10 Å². The topological polar surface area (TPSA) is 113 Å². The Morgan fingerprint density at radius 1 is 1.20 bits per heavy atom. The van der Waals surface area contributed by atoms with Crippen molar-refractivity contribution in [3.63, 3.8) is 0 Å². The van der Waals surface area contributed by atoms with E-state index in [1.165, 1.54) is 9.80 Å². The number of carbonyl (C=O) groups is 3. The molecule has 0 spiro atoms. The summed E-state index contributed by atoms with van der Waals surface area (Å²) < 4.78 is 5.08. The Morgan fingerprint density at radius 2 is 1.95 bits per heavy atom. The maximum absolute atomic E-state index is 12.4. The van der Waals surface area contributed by atoms with Gasteiger partial charge in [-0.25, -0.2) is 9.59 Å². The van der Waals surface area contributed by atoms with E-state index >= 15 is 0 Å². The van der Waals surface area contributed by atoms with Gasteiger partial charge in [-0.15, -0.1) is 0 Å². The van der Waals surface area contributed by atoms with Crippen molar-refractivity contribution >= 4 is 17.9 Å². The van der Waals surface area contributed by atoms with Crippen LogP contribution in [-0.2, 0) is 14.3 Å². The first-order chi connectivity index (χ1) is 9.50. The first-order valence-corrected chi connectivity index (χ1v) is 6.70. The average molecular weight is 285 g/mol. The minimum absolute atomic E-state index is 0.00382. The van der Waals surface area contributed by atoms with Crippen molar-refractivity contribution < 1.29 is 24.2 Å². The van der Waals surface area contributed by atoms with Crippen molar-refractivity contribution in [1.82, 2.24) is 9.80 Å². The quantitative estimate of drug-likeness (QED) is 0.691.